The summed E-state index contributed by atoms with van der Waals surface area (Å²) >= 11 is 1.55. The van der Waals surface area contributed by atoms with Crippen LogP contribution in [0.2, 0.25) is 0 Å². The summed E-state index contributed by atoms with van der Waals surface area (Å²) in [5.41, 5.74) is 4.31. The largest absolute Gasteiger partial charge is 0.332 e. The molecule has 4 aromatic rings. The van der Waals surface area contributed by atoms with Gasteiger partial charge in [-0.05, 0) is 26.0 Å². The lowest BCUT2D eigenvalue weighted by Gasteiger charge is -2.06. The number of aryl methyl sites for hydroxylation is 2. The molecule has 0 radical (unpaired) electrons. The van der Waals surface area contributed by atoms with E-state index in [9.17, 15) is 4.79 Å². The van der Waals surface area contributed by atoms with Crippen molar-refractivity contribution in [3.05, 3.63) is 52.4 Å². The molecule has 9 heteroatoms. The Balaban J connectivity index is 1.48. The van der Waals surface area contributed by atoms with Crippen molar-refractivity contribution in [2.75, 3.05) is 5.32 Å². The molecule has 0 aliphatic rings. The Morgan fingerprint density at radius 2 is 2.15 bits per heavy atom. The number of anilines is 1. The van der Waals surface area contributed by atoms with Gasteiger partial charge in [-0.1, -0.05) is 0 Å². The number of amides is 2. The quantitative estimate of drug-likeness (QED) is 0.503. The Kier molecular flexibility index (Phi) is 4.51. The lowest BCUT2D eigenvalue weighted by Crippen LogP contribution is -2.28. The van der Waals surface area contributed by atoms with E-state index >= 15 is 0 Å². The van der Waals surface area contributed by atoms with Crippen molar-refractivity contribution < 1.29 is 4.79 Å². The Bertz CT molecular complexity index is 1120. The van der Waals surface area contributed by atoms with Crippen LogP contribution in [0.25, 0.3) is 22.2 Å². The van der Waals surface area contributed by atoms with Gasteiger partial charge in [-0.3, -0.25) is 15.4 Å². The van der Waals surface area contributed by atoms with Gasteiger partial charge in [0.25, 0.3) is 0 Å². The number of fused-ring (bicyclic) bond motifs is 1. The zero-order chi connectivity index (χ0) is 18.8. The number of thiazole rings is 1. The van der Waals surface area contributed by atoms with Gasteiger partial charge < -0.3 is 5.32 Å². The van der Waals surface area contributed by atoms with Gasteiger partial charge in [-0.2, -0.15) is 5.10 Å². The van der Waals surface area contributed by atoms with E-state index < -0.39 is 0 Å². The zero-order valence-electron chi connectivity index (χ0n) is 14.8. The fourth-order valence-electron chi connectivity index (χ4n) is 2.71. The number of hydrogen-bond acceptors (Lipinski definition) is 6. The van der Waals surface area contributed by atoms with Gasteiger partial charge in [0.05, 0.1) is 22.8 Å². The first-order valence-corrected chi connectivity index (χ1v) is 9.19. The van der Waals surface area contributed by atoms with Gasteiger partial charge >= 0.3 is 6.03 Å². The van der Waals surface area contributed by atoms with Crippen LogP contribution in [-0.2, 0) is 6.54 Å². The zero-order valence-corrected chi connectivity index (χ0v) is 15.6. The van der Waals surface area contributed by atoms with Crippen molar-refractivity contribution in [2.24, 2.45) is 0 Å². The molecule has 0 saturated heterocycles. The third-order valence-electron chi connectivity index (χ3n) is 3.96. The SMILES string of the molecule is Cc1cc(-c2n[nH]c3cc(NC(=O)NCc4csc(C)n4)ncc23)ccn1. The smallest absolute Gasteiger partial charge is 0.320 e. The number of pyridine rings is 2. The predicted molar refractivity (Wildman–Crippen MR) is 105 cm³/mol. The van der Waals surface area contributed by atoms with E-state index in [1.165, 1.54) is 0 Å². The van der Waals surface area contributed by atoms with Crippen molar-refractivity contribution >= 4 is 34.1 Å². The monoisotopic (exact) mass is 379 g/mol. The molecule has 0 atom stereocenters. The number of nitrogens with zero attached hydrogens (tertiary/aromatic N) is 4. The summed E-state index contributed by atoms with van der Waals surface area (Å²) < 4.78 is 0. The summed E-state index contributed by atoms with van der Waals surface area (Å²) in [6, 6.07) is 5.29. The van der Waals surface area contributed by atoms with Crippen LogP contribution < -0.4 is 10.6 Å². The van der Waals surface area contributed by atoms with E-state index in [0.717, 1.165) is 38.6 Å². The van der Waals surface area contributed by atoms with Crippen LogP contribution in [0, 0.1) is 13.8 Å². The van der Waals surface area contributed by atoms with E-state index in [4.69, 9.17) is 0 Å². The maximum Gasteiger partial charge on any atom is 0.320 e. The summed E-state index contributed by atoms with van der Waals surface area (Å²) in [7, 11) is 0. The second-order valence-electron chi connectivity index (χ2n) is 6.04. The van der Waals surface area contributed by atoms with Gasteiger partial charge in [-0.25, -0.2) is 14.8 Å². The van der Waals surface area contributed by atoms with E-state index in [-0.39, 0.29) is 6.03 Å². The van der Waals surface area contributed by atoms with Crippen LogP contribution in [-0.4, -0.2) is 31.2 Å². The molecule has 0 unspecified atom stereocenters. The topological polar surface area (TPSA) is 108 Å². The Morgan fingerprint density at radius 1 is 1.26 bits per heavy atom. The minimum atomic E-state index is -0.336. The molecular weight excluding hydrogens is 362 g/mol. The number of carbonyl (C=O) groups is 1. The number of aromatic amines is 1. The molecule has 3 N–H and O–H groups in total. The van der Waals surface area contributed by atoms with Gasteiger partial charge in [0.2, 0.25) is 0 Å². The highest BCUT2D eigenvalue weighted by Crippen LogP contribution is 2.26. The molecule has 0 aliphatic heterocycles. The highest BCUT2D eigenvalue weighted by atomic mass is 32.1. The first kappa shape index (κ1) is 17.1. The molecular formula is C18H17N7OS. The van der Waals surface area contributed by atoms with Gasteiger partial charge in [0.15, 0.2) is 0 Å². The predicted octanol–water partition coefficient (Wildman–Crippen LogP) is 3.41. The second kappa shape index (κ2) is 7.12. The highest BCUT2D eigenvalue weighted by molar-refractivity contribution is 7.09. The molecule has 0 aliphatic carbocycles. The van der Waals surface area contributed by atoms with Crippen molar-refractivity contribution in [3.8, 4) is 11.3 Å². The first-order chi connectivity index (χ1) is 13.1. The van der Waals surface area contributed by atoms with Gasteiger partial charge in [-0.15, -0.1) is 11.3 Å². The molecule has 27 heavy (non-hydrogen) atoms. The van der Waals surface area contributed by atoms with Crippen LogP contribution in [0.3, 0.4) is 0 Å². The van der Waals surface area contributed by atoms with E-state index in [0.29, 0.717) is 12.4 Å². The lowest BCUT2D eigenvalue weighted by molar-refractivity contribution is 0.251. The molecule has 4 heterocycles. The van der Waals surface area contributed by atoms with Crippen molar-refractivity contribution in [2.45, 2.75) is 20.4 Å². The van der Waals surface area contributed by atoms with Gasteiger partial charge in [0, 0.05) is 40.5 Å². The molecule has 4 aromatic heterocycles. The van der Waals surface area contributed by atoms with E-state index in [1.54, 1.807) is 29.8 Å². The van der Waals surface area contributed by atoms with Gasteiger partial charge in [0.1, 0.15) is 11.5 Å². The van der Waals surface area contributed by atoms with Crippen LogP contribution >= 0.6 is 11.3 Å². The number of rotatable bonds is 4. The number of aromatic nitrogens is 5. The average molecular weight is 379 g/mol. The fraction of sp³-hybridized carbons (Fsp3) is 0.167. The molecule has 0 aromatic carbocycles. The van der Waals surface area contributed by atoms with Crippen molar-refractivity contribution in [3.63, 3.8) is 0 Å². The molecule has 8 nitrogen and oxygen atoms in total. The standard InChI is InChI=1S/C18H17N7OS/c1-10-5-12(3-4-19-10)17-14-8-20-16(6-15(14)24-25-17)23-18(26)21-7-13-9-27-11(2)22-13/h3-6,8-9H,7H2,1-2H3,(H,24,25)(H2,20,21,23,26). The lowest BCUT2D eigenvalue weighted by atomic mass is 10.1. The number of urea groups is 1. The first-order valence-electron chi connectivity index (χ1n) is 8.31. The summed E-state index contributed by atoms with van der Waals surface area (Å²) in [6.07, 6.45) is 3.45. The summed E-state index contributed by atoms with van der Waals surface area (Å²) in [6.45, 7) is 4.23. The minimum Gasteiger partial charge on any atom is -0.332 e. The number of carbonyl (C=O) groups excluding carboxylic acids is 1. The maximum atomic E-state index is 12.1. The van der Waals surface area contributed by atoms with E-state index in [1.807, 2.05) is 31.4 Å². The Morgan fingerprint density at radius 3 is 2.93 bits per heavy atom. The third kappa shape index (κ3) is 3.77. The normalized spacial score (nSPS) is 10.9. The molecule has 4 rings (SSSR count). The Hall–Kier alpha value is -3.33. The molecule has 2 amide bonds. The van der Waals surface area contributed by atoms with E-state index in [2.05, 4.69) is 35.8 Å². The molecule has 0 saturated carbocycles. The van der Waals surface area contributed by atoms with Crippen molar-refractivity contribution in [1.29, 1.82) is 0 Å². The van der Waals surface area contributed by atoms with Crippen LogP contribution in [0.15, 0.2) is 36.0 Å². The molecule has 0 fully saturated rings. The molecule has 0 spiro atoms. The second-order valence-corrected chi connectivity index (χ2v) is 7.10. The highest BCUT2D eigenvalue weighted by Gasteiger charge is 2.11. The minimum absolute atomic E-state index is 0.336. The maximum absolute atomic E-state index is 12.1. The number of H-pyrrole nitrogens is 1. The number of nitrogens with one attached hydrogen (secondary N) is 3. The molecule has 0 bridgehead atoms. The third-order valence-corrected chi connectivity index (χ3v) is 4.78. The van der Waals surface area contributed by atoms with Crippen LogP contribution in [0.1, 0.15) is 16.4 Å². The van der Waals surface area contributed by atoms with Crippen LogP contribution in [0.5, 0.6) is 0 Å². The summed E-state index contributed by atoms with van der Waals surface area (Å²) in [5.74, 6) is 0.440. The molecule has 136 valence electrons. The summed E-state index contributed by atoms with van der Waals surface area (Å²) in [4.78, 5) is 24.9. The summed E-state index contributed by atoms with van der Waals surface area (Å²) in [5, 5.41) is 16.6. The number of hydrogen-bond donors (Lipinski definition) is 3. The fourth-order valence-corrected chi connectivity index (χ4v) is 3.33. The van der Waals surface area contributed by atoms with Crippen LogP contribution in [0.4, 0.5) is 10.6 Å². The Labute approximate surface area is 159 Å². The average Bonchev–Trinajstić information content (AvgIpc) is 3.25. The van der Waals surface area contributed by atoms with Crippen molar-refractivity contribution in [1.82, 2.24) is 30.5 Å².